The fraction of sp³-hybridized carbons (Fsp3) is 0.611. The van der Waals surface area contributed by atoms with Crippen LogP contribution in [-0.2, 0) is 4.74 Å². The van der Waals surface area contributed by atoms with Gasteiger partial charge in [-0.3, -0.25) is 4.99 Å². The number of hydrogen-bond donors (Lipinski definition) is 2. The van der Waals surface area contributed by atoms with Crippen molar-refractivity contribution in [2.45, 2.75) is 32.8 Å². The lowest BCUT2D eigenvalue weighted by molar-refractivity contribution is 0.136. The molecule has 0 radical (unpaired) electrons. The predicted octanol–water partition coefficient (Wildman–Crippen LogP) is 3.06. The number of guanidine groups is 1. The Morgan fingerprint density at radius 2 is 1.88 bits per heavy atom. The van der Waals surface area contributed by atoms with Crippen LogP contribution in [0.25, 0.3) is 0 Å². The van der Waals surface area contributed by atoms with Gasteiger partial charge >= 0.3 is 0 Å². The summed E-state index contributed by atoms with van der Waals surface area (Å²) in [6.07, 6.45) is 2.23. The number of halogens is 1. The second-order valence-corrected chi connectivity index (χ2v) is 5.43. The molecule has 7 heteroatoms. The molecule has 0 aliphatic carbocycles. The van der Waals surface area contributed by atoms with E-state index in [0.29, 0.717) is 13.2 Å². The van der Waals surface area contributed by atoms with Crippen LogP contribution in [0.3, 0.4) is 0 Å². The van der Waals surface area contributed by atoms with Gasteiger partial charge in [0.1, 0.15) is 6.10 Å². The monoisotopic (exact) mass is 465 g/mol. The van der Waals surface area contributed by atoms with Crippen LogP contribution in [0.1, 0.15) is 26.7 Å². The van der Waals surface area contributed by atoms with Gasteiger partial charge in [0.25, 0.3) is 0 Å². The highest BCUT2D eigenvalue weighted by Gasteiger charge is 2.09. The third kappa shape index (κ3) is 10.4. The molecule has 0 aromatic heterocycles. The zero-order chi connectivity index (χ0) is 17.6. The van der Waals surface area contributed by atoms with Crippen molar-refractivity contribution in [3.8, 4) is 11.5 Å². The van der Waals surface area contributed by atoms with Crippen molar-refractivity contribution in [1.29, 1.82) is 0 Å². The van der Waals surface area contributed by atoms with Crippen LogP contribution >= 0.6 is 24.0 Å². The smallest absolute Gasteiger partial charge is 0.191 e. The zero-order valence-electron chi connectivity index (χ0n) is 15.7. The standard InChI is InChI=1S/C18H31N3O3.HI/c1-5-6-12-23-13-11-20-18(19-3)21-14-15(2)24-17-10-8-7-9-16(17)22-4;/h7-10,15H,5-6,11-14H2,1-4H3,(H2,19,20,21);1H. The van der Waals surface area contributed by atoms with Gasteiger partial charge in [0.2, 0.25) is 0 Å². The molecule has 0 aliphatic heterocycles. The molecule has 0 aliphatic rings. The van der Waals surface area contributed by atoms with Gasteiger partial charge in [-0.15, -0.1) is 24.0 Å². The molecular formula is C18H32IN3O3. The van der Waals surface area contributed by atoms with Crippen molar-refractivity contribution in [1.82, 2.24) is 10.6 Å². The minimum atomic E-state index is -0.0272. The molecule has 0 amide bonds. The van der Waals surface area contributed by atoms with Crippen LogP contribution in [0, 0.1) is 0 Å². The van der Waals surface area contributed by atoms with E-state index < -0.39 is 0 Å². The summed E-state index contributed by atoms with van der Waals surface area (Å²) in [5, 5.41) is 6.47. The summed E-state index contributed by atoms with van der Waals surface area (Å²) >= 11 is 0. The molecule has 0 saturated carbocycles. The molecule has 1 rings (SSSR count). The fourth-order valence-corrected chi connectivity index (χ4v) is 2.03. The molecule has 25 heavy (non-hydrogen) atoms. The Bertz CT molecular complexity index is 486. The first-order valence-electron chi connectivity index (χ1n) is 8.53. The molecule has 0 saturated heterocycles. The van der Waals surface area contributed by atoms with Crippen molar-refractivity contribution in [3.05, 3.63) is 24.3 Å². The van der Waals surface area contributed by atoms with E-state index in [-0.39, 0.29) is 30.1 Å². The first kappa shape index (κ1) is 23.8. The summed E-state index contributed by atoms with van der Waals surface area (Å²) < 4.78 is 16.7. The van der Waals surface area contributed by atoms with Crippen LogP contribution < -0.4 is 20.1 Å². The third-order valence-corrected chi connectivity index (χ3v) is 3.36. The first-order valence-corrected chi connectivity index (χ1v) is 8.53. The van der Waals surface area contributed by atoms with Crippen molar-refractivity contribution < 1.29 is 14.2 Å². The number of unbranched alkanes of at least 4 members (excludes halogenated alkanes) is 1. The van der Waals surface area contributed by atoms with E-state index in [4.69, 9.17) is 14.2 Å². The van der Waals surface area contributed by atoms with Gasteiger partial charge < -0.3 is 24.8 Å². The maximum Gasteiger partial charge on any atom is 0.191 e. The van der Waals surface area contributed by atoms with E-state index in [1.807, 2.05) is 31.2 Å². The SMILES string of the molecule is CCCCOCCNC(=NC)NCC(C)Oc1ccccc1OC.I. The number of ether oxygens (including phenoxy) is 3. The van der Waals surface area contributed by atoms with Gasteiger partial charge in [0.05, 0.1) is 20.3 Å². The first-order chi connectivity index (χ1) is 11.7. The van der Waals surface area contributed by atoms with Crippen LogP contribution in [0.15, 0.2) is 29.3 Å². The molecule has 1 aromatic rings. The van der Waals surface area contributed by atoms with E-state index in [1.54, 1.807) is 14.2 Å². The molecule has 144 valence electrons. The molecule has 2 N–H and O–H groups in total. The van der Waals surface area contributed by atoms with Gasteiger partial charge in [-0.1, -0.05) is 25.5 Å². The summed E-state index contributed by atoms with van der Waals surface area (Å²) in [5.41, 5.74) is 0. The average Bonchev–Trinajstić information content (AvgIpc) is 2.61. The Labute approximate surface area is 168 Å². The Morgan fingerprint density at radius 3 is 2.52 bits per heavy atom. The molecule has 1 aromatic carbocycles. The van der Waals surface area contributed by atoms with Gasteiger partial charge in [0, 0.05) is 20.2 Å². The van der Waals surface area contributed by atoms with Gasteiger partial charge in [-0.05, 0) is 25.5 Å². The lowest BCUT2D eigenvalue weighted by Crippen LogP contribution is -2.42. The largest absolute Gasteiger partial charge is 0.493 e. The number of para-hydroxylation sites is 2. The molecule has 0 heterocycles. The number of hydrogen-bond acceptors (Lipinski definition) is 4. The van der Waals surface area contributed by atoms with E-state index in [9.17, 15) is 0 Å². The molecule has 0 bridgehead atoms. The molecular weight excluding hydrogens is 433 g/mol. The number of benzene rings is 1. The Hall–Kier alpha value is -1.22. The number of methoxy groups -OCH3 is 1. The van der Waals surface area contributed by atoms with E-state index in [2.05, 4.69) is 22.5 Å². The van der Waals surface area contributed by atoms with Crippen molar-refractivity contribution in [2.24, 2.45) is 4.99 Å². The lowest BCUT2D eigenvalue weighted by Gasteiger charge is -2.19. The highest BCUT2D eigenvalue weighted by molar-refractivity contribution is 14.0. The maximum atomic E-state index is 5.91. The van der Waals surface area contributed by atoms with Gasteiger partial charge in [-0.25, -0.2) is 0 Å². The number of nitrogens with zero attached hydrogens (tertiary/aromatic N) is 1. The molecule has 0 fully saturated rings. The second kappa shape index (κ2) is 15.1. The Morgan fingerprint density at radius 1 is 1.16 bits per heavy atom. The highest BCUT2D eigenvalue weighted by atomic mass is 127. The number of rotatable bonds is 11. The predicted molar refractivity (Wildman–Crippen MR) is 114 cm³/mol. The van der Waals surface area contributed by atoms with Crippen molar-refractivity contribution >= 4 is 29.9 Å². The fourth-order valence-electron chi connectivity index (χ4n) is 2.03. The summed E-state index contributed by atoms with van der Waals surface area (Å²) in [4.78, 5) is 4.19. The van der Waals surface area contributed by atoms with Crippen LogP contribution in [0.2, 0.25) is 0 Å². The topological polar surface area (TPSA) is 64.1 Å². The Kier molecular flexibility index (Phi) is 14.3. The minimum absolute atomic E-state index is 0. The molecule has 1 atom stereocenters. The second-order valence-electron chi connectivity index (χ2n) is 5.43. The van der Waals surface area contributed by atoms with E-state index in [1.165, 1.54) is 0 Å². The van der Waals surface area contributed by atoms with Crippen molar-refractivity contribution in [3.63, 3.8) is 0 Å². The third-order valence-electron chi connectivity index (χ3n) is 3.36. The van der Waals surface area contributed by atoms with Crippen LogP contribution in [0.4, 0.5) is 0 Å². The summed E-state index contributed by atoms with van der Waals surface area (Å²) in [7, 11) is 3.39. The van der Waals surface area contributed by atoms with E-state index in [0.717, 1.165) is 43.5 Å². The highest BCUT2D eigenvalue weighted by Crippen LogP contribution is 2.26. The molecule has 0 spiro atoms. The molecule has 1 unspecified atom stereocenters. The van der Waals surface area contributed by atoms with Crippen LogP contribution in [-0.4, -0.2) is 52.5 Å². The summed E-state index contributed by atoms with van der Waals surface area (Å²) in [6.45, 7) is 7.00. The van der Waals surface area contributed by atoms with E-state index >= 15 is 0 Å². The normalized spacial score (nSPS) is 12.1. The summed E-state index contributed by atoms with van der Waals surface area (Å²) in [5.74, 6) is 2.21. The quantitative estimate of drug-likeness (QED) is 0.228. The lowest BCUT2D eigenvalue weighted by atomic mass is 10.3. The van der Waals surface area contributed by atoms with Crippen molar-refractivity contribution in [2.75, 3.05) is 40.5 Å². The summed E-state index contributed by atoms with van der Waals surface area (Å²) in [6, 6.07) is 7.63. The maximum absolute atomic E-state index is 5.91. The minimum Gasteiger partial charge on any atom is -0.493 e. The number of aliphatic imine (C=N–C) groups is 1. The number of nitrogens with one attached hydrogen (secondary N) is 2. The average molecular weight is 465 g/mol. The Balaban J connectivity index is 0.00000576. The van der Waals surface area contributed by atoms with Crippen LogP contribution in [0.5, 0.6) is 11.5 Å². The van der Waals surface area contributed by atoms with Gasteiger partial charge in [-0.2, -0.15) is 0 Å². The van der Waals surface area contributed by atoms with Gasteiger partial charge in [0.15, 0.2) is 17.5 Å². The molecule has 6 nitrogen and oxygen atoms in total. The zero-order valence-corrected chi connectivity index (χ0v) is 18.0.